The highest BCUT2D eigenvalue weighted by Crippen LogP contribution is 2.27. The van der Waals surface area contributed by atoms with Crippen molar-refractivity contribution in [3.63, 3.8) is 0 Å². The molecule has 0 saturated carbocycles. The van der Waals surface area contributed by atoms with Crippen LogP contribution < -0.4 is 11.1 Å². The van der Waals surface area contributed by atoms with Crippen molar-refractivity contribution < 1.29 is 9.50 Å². The topological polar surface area (TPSA) is 82.1 Å². The monoisotopic (exact) mass is 265 g/mol. The Morgan fingerprint density at radius 1 is 1.53 bits per heavy atom. The fourth-order valence-corrected chi connectivity index (χ4v) is 1.70. The minimum absolute atomic E-state index is 0.0972. The molecule has 0 aliphatic carbocycles. The van der Waals surface area contributed by atoms with E-state index in [4.69, 9.17) is 11.0 Å². The number of hydrogen-bond acceptors (Lipinski definition) is 4. The Morgan fingerprint density at radius 2 is 2.11 bits per heavy atom. The van der Waals surface area contributed by atoms with Gasteiger partial charge in [-0.3, -0.25) is 0 Å². The number of aliphatic hydroxyl groups excluding tert-OH is 1. The maximum Gasteiger partial charge on any atom is 0.148 e. The third-order valence-electron chi connectivity index (χ3n) is 2.84. The summed E-state index contributed by atoms with van der Waals surface area (Å²) in [6.07, 6.45) is -1.02. The van der Waals surface area contributed by atoms with E-state index >= 15 is 0 Å². The number of nitrogens with zero attached hydrogens (tertiary/aromatic N) is 1. The van der Waals surface area contributed by atoms with Crippen LogP contribution in [0.25, 0.3) is 0 Å². The van der Waals surface area contributed by atoms with Gasteiger partial charge in [-0.1, -0.05) is 0 Å². The minimum atomic E-state index is -1.02. The van der Waals surface area contributed by atoms with Gasteiger partial charge in [-0.2, -0.15) is 5.26 Å². The normalized spacial score (nSPS) is 13.1. The van der Waals surface area contributed by atoms with E-state index in [0.717, 1.165) is 0 Å². The number of hydrogen-bond donors (Lipinski definition) is 3. The van der Waals surface area contributed by atoms with Gasteiger partial charge in [-0.05, 0) is 39.3 Å². The average Bonchev–Trinajstić information content (AvgIpc) is 2.30. The first-order chi connectivity index (χ1) is 8.67. The number of nitriles is 1. The Kier molecular flexibility index (Phi) is 4.51. The molecule has 1 unspecified atom stereocenters. The number of benzene rings is 1. The summed E-state index contributed by atoms with van der Waals surface area (Å²) >= 11 is 0. The van der Waals surface area contributed by atoms with Gasteiger partial charge >= 0.3 is 0 Å². The first-order valence-electron chi connectivity index (χ1n) is 6.09. The van der Waals surface area contributed by atoms with E-state index in [0.29, 0.717) is 5.56 Å². The number of rotatable bonds is 3. The van der Waals surface area contributed by atoms with Crippen LogP contribution in [0.3, 0.4) is 0 Å². The lowest BCUT2D eigenvalue weighted by Crippen LogP contribution is -2.38. The molecule has 104 valence electrons. The summed E-state index contributed by atoms with van der Waals surface area (Å²) in [5.74, 6) is -0.742. The number of halogens is 1. The van der Waals surface area contributed by atoms with E-state index in [9.17, 15) is 9.50 Å². The van der Waals surface area contributed by atoms with Gasteiger partial charge in [0.25, 0.3) is 0 Å². The summed E-state index contributed by atoms with van der Waals surface area (Å²) < 4.78 is 14.1. The van der Waals surface area contributed by atoms with Crippen molar-refractivity contribution >= 4 is 5.69 Å². The molecule has 19 heavy (non-hydrogen) atoms. The molecule has 0 bridgehead atoms. The van der Waals surface area contributed by atoms with Gasteiger partial charge in [0.15, 0.2) is 0 Å². The second-order valence-electron chi connectivity index (χ2n) is 5.64. The fourth-order valence-electron chi connectivity index (χ4n) is 1.70. The van der Waals surface area contributed by atoms with Crippen LogP contribution in [0, 0.1) is 24.1 Å². The Bertz CT molecular complexity index is 515. The molecule has 1 rings (SSSR count). The van der Waals surface area contributed by atoms with Gasteiger partial charge < -0.3 is 16.2 Å². The quantitative estimate of drug-likeness (QED) is 0.730. The zero-order chi connectivity index (χ0) is 14.8. The molecule has 0 radical (unpaired) electrons. The summed E-state index contributed by atoms with van der Waals surface area (Å²) in [5, 5.41) is 22.1. The molecule has 4 nitrogen and oxygen atoms in total. The smallest absolute Gasteiger partial charge is 0.148 e. The first-order valence-corrected chi connectivity index (χ1v) is 6.09. The van der Waals surface area contributed by atoms with Crippen LogP contribution in [-0.2, 0) is 0 Å². The van der Waals surface area contributed by atoms with Crippen LogP contribution in [0.15, 0.2) is 6.07 Å². The number of aliphatic hydroxyl groups is 1. The van der Waals surface area contributed by atoms with Crippen LogP contribution in [-0.4, -0.2) is 17.2 Å². The van der Waals surface area contributed by atoms with Gasteiger partial charge in [-0.15, -0.1) is 0 Å². The predicted octanol–water partition coefficient (Wildman–Crippen LogP) is 2.01. The number of aryl methyl sites for hydroxylation is 1. The molecule has 0 aliphatic rings. The summed E-state index contributed by atoms with van der Waals surface area (Å²) in [5.41, 5.74) is 6.07. The second kappa shape index (κ2) is 5.55. The SMILES string of the molecule is Cc1cc(C(O)CNC(C)(C)C)c(F)c(C#N)c1N. The van der Waals surface area contributed by atoms with Crippen LogP contribution in [0.4, 0.5) is 10.1 Å². The molecular formula is C14H20FN3O. The number of β-amino-alcohol motifs (C(OH)–C–C–N with tert-alkyl or cyclic N) is 1. The lowest BCUT2D eigenvalue weighted by Gasteiger charge is -2.23. The van der Waals surface area contributed by atoms with Gasteiger partial charge in [-0.25, -0.2) is 4.39 Å². The molecule has 1 aromatic rings. The van der Waals surface area contributed by atoms with Crippen LogP contribution in [0.2, 0.25) is 0 Å². The Labute approximate surface area is 113 Å². The summed E-state index contributed by atoms with van der Waals surface area (Å²) in [7, 11) is 0. The number of nitrogen functional groups attached to an aromatic ring is 1. The van der Waals surface area contributed by atoms with Crippen molar-refractivity contribution in [3.05, 3.63) is 28.6 Å². The lowest BCUT2D eigenvalue weighted by molar-refractivity contribution is 0.159. The highest BCUT2D eigenvalue weighted by Gasteiger charge is 2.21. The highest BCUT2D eigenvalue weighted by molar-refractivity contribution is 5.61. The summed E-state index contributed by atoms with van der Waals surface area (Å²) in [4.78, 5) is 0. The lowest BCUT2D eigenvalue weighted by atomic mass is 9.99. The molecule has 0 saturated heterocycles. The van der Waals surface area contributed by atoms with Gasteiger partial charge in [0.1, 0.15) is 17.4 Å². The van der Waals surface area contributed by atoms with Crippen LogP contribution >= 0.6 is 0 Å². The number of nitrogens with two attached hydrogens (primary N) is 1. The number of anilines is 1. The van der Waals surface area contributed by atoms with Crippen LogP contribution in [0.5, 0.6) is 0 Å². The van der Waals surface area contributed by atoms with E-state index in [1.165, 1.54) is 6.07 Å². The minimum Gasteiger partial charge on any atom is -0.397 e. The summed E-state index contributed by atoms with van der Waals surface area (Å²) in [6.45, 7) is 7.73. The predicted molar refractivity (Wildman–Crippen MR) is 73.0 cm³/mol. The second-order valence-corrected chi connectivity index (χ2v) is 5.64. The zero-order valence-electron chi connectivity index (χ0n) is 11.7. The van der Waals surface area contributed by atoms with Crippen molar-refractivity contribution in [3.8, 4) is 6.07 Å². The van der Waals surface area contributed by atoms with E-state index in [1.807, 2.05) is 20.8 Å². The number of nitrogens with one attached hydrogen (secondary N) is 1. The first kappa shape index (κ1) is 15.4. The maximum absolute atomic E-state index is 14.1. The van der Waals surface area contributed by atoms with Crippen LogP contribution in [0.1, 0.15) is 43.6 Å². The third-order valence-corrected chi connectivity index (χ3v) is 2.84. The average molecular weight is 265 g/mol. The van der Waals surface area contributed by atoms with E-state index < -0.39 is 11.9 Å². The van der Waals surface area contributed by atoms with Gasteiger partial charge in [0.2, 0.25) is 0 Å². The van der Waals surface area contributed by atoms with Crippen molar-refractivity contribution in [1.29, 1.82) is 5.26 Å². The molecule has 0 heterocycles. The molecule has 1 atom stereocenters. The molecule has 1 aromatic carbocycles. The molecule has 0 aromatic heterocycles. The Hall–Kier alpha value is -1.64. The largest absolute Gasteiger partial charge is 0.397 e. The standard InChI is InChI=1S/C14H20FN3O/c1-8-5-9(11(19)7-18-14(2,3)4)12(15)10(6-16)13(8)17/h5,11,18-19H,7,17H2,1-4H3. The molecule has 0 amide bonds. The molecular weight excluding hydrogens is 245 g/mol. The summed E-state index contributed by atoms with van der Waals surface area (Å²) in [6, 6.07) is 3.23. The Morgan fingerprint density at radius 3 is 2.58 bits per heavy atom. The van der Waals surface area contributed by atoms with Gasteiger partial charge in [0.05, 0.1) is 11.8 Å². The third kappa shape index (κ3) is 3.66. The molecule has 5 heteroatoms. The maximum atomic E-state index is 14.1. The van der Waals surface area contributed by atoms with Gasteiger partial charge in [0, 0.05) is 17.6 Å². The van der Waals surface area contributed by atoms with E-state index in [1.54, 1.807) is 13.0 Å². The van der Waals surface area contributed by atoms with Crippen molar-refractivity contribution in [2.45, 2.75) is 39.3 Å². The Balaban J connectivity index is 3.08. The molecule has 0 fully saturated rings. The van der Waals surface area contributed by atoms with Crippen molar-refractivity contribution in [1.82, 2.24) is 5.32 Å². The van der Waals surface area contributed by atoms with E-state index in [-0.39, 0.29) is 28.9 Å². The molecule has 0 spiro atoms. The van der Waals surface area contributed by atoms with E-state index in [2.05, 4.69) is 5.32 Å². The molecule has 0 aliphatic heterocycles. The fraction of sp³-hybridized carbons (Fsp3) is 0.500. The van der Waals surface area contributed by atoms with Crippen molar-refractivity contribution in [2.75, 3.05) is 12.3 Å². The zero-order valence-corrected chi connectivity index (χ0v) is 11.7. The van der Waals surface area contributed by atoms with Crippen molar-refractivity contribution in [2.24, 2.45) is 0 Å². The highest BCUT2D eigenvalue weighted by atomic mass is 19.1. The molecule has 4 N–H and O–H groups in total.